The summed E-state index contributed by atoms with van der Waals surface area (Å²) in [7, 11) is 3.31. The smallest absolute Gasteiger partial charge is 0.165 e. The van der Waals surface area contributed by atoms with Crippen LogP contribution in [0.15, 0.2) is 48.5 Å². The number of rotatable bonds is 13. The molecule has 4 rings (SSSR count). The van der Waals surface area contributed by atoms with Crippen LogP contribution in [0.1, 0.15) is 68.3 Å². The summed E-state index contributed by atoms with van der Waals surface area (Å²) in [4.78, 5) is 4.56. The molecule has 0 aromatic heterocycles. The second-order valence-corrected chi connectivity index (χ2v) is 10.7. The Bertz CT molecular complexity index is 1310. The van der Waals surface area contributed by atoms with Gasteiger partial charge in [0.15, 0.2) is 23.1 Å². The summed E-state index contributed by atoms with van der Waals surface area (Å²) < 4.78 is 32.4. The highest BCUT2D eigenvalue weighted by Crippen LogP contribution is 2.45. The molecule has 1 N–H and O–H groups in total. The molecule has 3 aromatic rings. The first kappa shape index (κ1) is 30.5. The van der Waals surface area contributed by atoms with Crippen LogP contribution in [-0.2, 0) is 12.8 Å². The molecule has 0 aliphatic heterocycles. The first-order chi connectivity index (χ1) is 19.8. The van der Waals surface area contributed by atoms with Crippen LogP contribution in [0.3, 0.4) is 0 Å². The molecule has 6 nitrogen and oxygen atoms in total. The zero-order valence-corrected chi connectivity index (χ0v) is 25.4. The van der Waals surface area contributed by atoms with Crippen LogP contribution in [0.4, 0.5) is 10.1 Å². The van der Waals surface area contributed by atoms with Gasteiger partial charge in [0.2, 0.25) is 0 Å². The number of benzene rings is 3. The van der Waals surface area contributed by atoms with Crippen LogP contribution in [-0.4, -0.2) is 57.0 Å². The van der Waals surface area contributed by atoms with E-state index >= 15 is 4.39 Å². The molecule has 0 saturated carbocycles. The highest BCUT2D eigenvalue weighted by atomic mass is 19.1. The average molecular weight is 565 g/mol. The SMILES string of the molecule is CCN(CC)CCOc1ccc(C(C)N(CC)c2cc(OC)c(OC)cc2[C@@H]2CCc3cc(O)ccc3C2)cc1F. The maximum absolute atomic E-state index is 15.2. The van der Waals surface area contributed by atoms with Gasteiger partial charge in [0.05, 0.1) is 20.3 Å². The minimum atomic E-state index is -0.343. The molecule has 1 aliphatic rings. The van der Waals surface area contributed by atoms with E-state index in [2.05, 4.69) is 49.6 Å². The second kappa shape index (κ2) is 13.9. The van der Waals surface area contributed by atoms with E-state index in [1.807, 2.05) is 18.2 Å². The van der Waals surface area contributed by atoms with Gasteiger partial charge in [-0.2, -0.15) is 0 Å². The number of ether oxygens (including phenoxy) is 3. The third kappa shape index (κ3) is 6.89. The number of aryl methyl sites for hydroxylation is 1. The number of phenols is 1. The number of hydrogen-bond donors (Lipinski definition) is 1. The fourth-order valence-corrected chi connectivity index (χ4v) is 6.02. The fraction of sp³-hybridized carbons (Fsp3) is 0.471. The molecule has 41 heavy (non-hydrogen) atoms. The van der Waals surface area contributed by atoms with Crippen molar-refractivity contribution in [2.24, 2.45) is 0 Å². The maximum Gasteiger partial charge on any atom is 0.165 e. The topological polar surface area (TPSA) is 54.4 Å². The lowest BCUT2D eigenvalue weighted by molar-refractivity contribution is 0.217. The number of likely N-dealkylation sites (N-methyl/N-ethyl adjacent to an activating group) is 1. The van der Waals surface area contributed by atoms with E-state index in [1.54, 1.807) is 32.4 Å². The Morgan fingerprint density at radius 2 is 1.63 bits per heavy atom. The molecule has 222 valence electrons. The Morgan fingerprint density at radius 1 is 0.902 bits per heavy atom. The van der Waals surface area contributed by atoms with Crippen molar-refractivity contribution in [2.45, 2.75) is 58.9 Å². The first-order valence-electron chi connectivity index (χ1n) is 14.8. The van der Waals surface area contributed by atoms with Crippen LogP contribution in [0.5, 0.6) is 23.0 Å². The van der Waals surface area contributed by atoms with Gasteiger partial charge in [-0.3, -0.25) is 0 Å². The highest BCUT2D eigenvalue weighted by molar-refractivity contribution is 5.65. The molecule has 0 heterocycles. The van der Waals surface area contributed by atoms with Crippen molar-refractivity contribution >= 4 is 5.69 Å². The lowest BCUT2D eigenvalue weighted by Gasteiger charge is -2.36. The van der Waals surface area contributed by atoms with Crippen molar-refractivity contribution in [1.82, 2.24) is 4.90 Å². The lowest BCUT2D eigenvalue weighted by Crippen LogP contribution is -2.29. The van der Waals surface area contributed by atoms with Gasteiger partial charge in [0.1, 0.15) is 12.4 Å². The van der Waals surface area contributed by atoms with Crippen molar-refractivity contribution in [3.63, 3.8) is 0 Å². The van der Waals surface area contributed by atoms with Gasteiger partial charge < -0.3 is 29.1 Å². The predicted molar refractivity (Wildman–Crippen MR) is 164 cm³/mol. The van der Waals surface area contributed by atoms with Crippen LogP contribution in [0.2, 0.25) is 0 Å². The molecule has 0 saturated heterocycles. The number of methoxy groups -OCH3 is 2. The standard InChI is InChI=1S/C34H45FN2O4/c1-7-36(8-2)16-17-41-32-15-13-24(20-30(32)35)23(4)37(9-3)31-22-34(40-6)33(39-5)21-29(31)27-11-10-26-19-28(38)14-12-25(26)18-27/h12-15,19-23,27,38H,7-11,16-18H2,1-6H3/t23?,27-/m1/s1. The Hall–Kier alpha value is -3.45. The van der Waals surface area contributed by atoms with E-state index < -0.39 is 0 Å². The molecule has 0 spiro atoms. The largest absolute Gasteiger partial charge is 0.508 e. The summed E-state index contributed by atoms with van der Waals surface area (Å²) >= 11 is 0. The number of fused-ring (bicyclic) bond motifs is 1. The first-order valence-corrected chi connectivity index (χ1v) is 14.8. The number of nitrogens with zero attached hydrogens (tertiary/aromatic N) is 2. The van der Waals surface area contributed by atoms with E-state index in [-0.39, 0.29) is 23.5 Å². The number of aromatic hydroxyl groups is 1. The van der Waals surface area contributed by atoms with Gasteiger partial charge in [-0.15, -0.1) is 0 Å². The van der Waals surface area contributed by atoms with E-state index in [0.717, 1.165) is 56.7 Å². The summed E-state index contributed by atoms with van der Waals surface area (Å²) in [6, 6.07) is 15.1. The minimum absolute atomic E-state index is 0.0936. The van der Waals surface area contributed by atoms with Crippen molar-refractivity contribution in [1.29, 1.82) is 0 Å². The number of phenolic OH excluding ortho intramolecular Hbond substituents is 1. The second-order valence-electron chi connectivity index (χ2n) is 10.7. The molecule has 7 heteroatoms. The molecule has 1 unspecified atom stereocenters. The summed E-state index contributed by atoms with van der Waals surface area (Å²) in [6.45, 7) is 12.3. The molecular formula is C34H45FN2O4. The van der Waals surface area contributed by atoms with Gasteiger partial charge in [-0.1, -0.05) is 26.0 Å². The van der Waals surface area contributed by atoms with Gasteiger partial charge in [0.25, 0.3) is 0 Å². The molecule has 3 aromatic carbocycles. The summed E-state index contributed by atoms with van der Waals surface area (Å²) in [5.74, 6) is 1.89. The molecule has 2 atom stereocenters. The average Bonchev–Trinajstić information content (AvgIpc) is 2.99. The summed E-state index contributed by atoms with van der Waals surface area (Å²) in [6.07, 6.45) is 2.72. The molecule has 1 aliphatic carbocycles. The molecule has 0 radical (unpaired) electrons. The van der Waals surface area contributed by atoms with Crippen LogP contribution < -0.4 is 19.1 Å². The third-order valence-corrected chi connectivity index (χ3v) is 8.51. The molecular weight excluding hydrogens is 519 g/mol. The quantitative estimate of drug-likeness (QED) is 0.238. The van der Waals surface area contributed by atoms with Crippen LogP contribution in [0, 0.1) is 5.82 Å². The Labute approximate surface area is 244 Å². The molecule has 0 amide bonds. The zero-order chi connectivity index (χ0) is 29.5. The van der Waals surface area contributed by atoms with Gasteiger partial charge in [-0.25, -0.2) is 4.39 Å². The van der Waals surface area contributed by atoms with E-state index in [9.17, 15) is 5.11 Å². The monoisotopic (exact) mass is 564 g/mol. The van der Waals surface area contributed by atoms with E-state index in [1.165, 1.54) is 16.7 Å². The van der Waals surface area contributed by atoms with E-state index in [4.69, 9.17) is 14.2 Å². The summed E-state index contributed by atoms with van der Waals surface area (Å²) in [5.41, 5.74) is 5.59. The van der Waals surface area contributed by atoms with Crippen molar-refractivity contribution in [3.8, 4) is 23.0 Å². The van der Waals surface area contributed by atoms with Gasteiger partial charge >= 0.3 is 0 Å². The number of hydrogen-bond acceptors (Lipinski definition) is 6. The highest BCUT2D eigenvalue weighted by Gasteiger charge is 2.28. The van der Waals surface area contributed by atoms with Gasteiger partial charge in [0, 0.05) is 24.8 Å². The summed E-state index contributed by atoms with van der Waals surface area (Å²) in [5, 5.41) is 9.96. The van der Waals surface area contributed by atoms with Crippen molar-refractivity contribution in [3.05, 3.63) is 76.6 Å². The molecule has 0 fully saturated rings. The maximum atomic E-state index is 15.2. The number of anilines is 1. The van der Waals surface area contributed by atoms with Crippen molar-refractivity contribution in [2.75, 3.05) is 51.9 Å². The van der Waals surface area contributed by atoms with Crippen molar-refractivity contribution < 1.29 is 23.7 Å². The Morgan fingerprint density at radius 3 is 2.29 bits per heavy atom. The number of halogens is 1. The lowest BCUT2D eigenvalue weighted by atomic mass is 9.79. The van der Waals surface area contributed by atoms with Gasteiger partial charge in [-0.05, 0) is 105 Å². The molecule has 0 bridgehead atoms. The normalized spacial score (nSPS) is 15.4. The fourth-order valence-electron chi connectivity index (χ4n) is 6.02. The third-order valence-electron chi connectivity index (χ3n) is 8.51. The Balaban J connectivity index is 1.63. The predicted octanol–water partition coefficient (Wildman–Crippen LogP) is 7.13. The zero-order valence-electron chi connectivity index (χ0n) is 25.4. The Kier molecular flexibility index (Phi) is 10.4. The van der Waals surface area contributed by atoms with Crippen LogP contribution >= 0.6 is 0 Å². The van der Waals surface area contributed by atoms with E-state index in [0.29, 0.717) is 23.9 Å². The van der Waals surface area contributed by atoms with Crippen LogP contribution in [0.25, 0.3) is 0 Å². The minimum Gasteiger partial charge on any atom is -0.508 e.